The van der Waals surface area contributed by atoms with Crippen LogP contribution in [0.5, 0.6) is 11.5 Å². The van der Waals surface area contributed by atoms with Gasteiger partial charge in [-0.3, -0.25) is 4.99 Å². The topological polar surface area (TPSA) is 64.1 Å². The second-order valence-corrected chi connectivity index (χ2v) is 6.27. The fourth-order valence-corrected chi connectivity index (χ4v) is 2.56. The summed E-state index contributed by atoms with van der Waals surface area (Å²) in [6.45, 7) is 1.56. The molecule has 0 radical (unpaired) electrons. The zero-order valence-electron chi connectivity index (χ0n) is 17.2. The Bertz CT molecular complexity index is 824. The van der Waals surface area contributed by atoms with E-state index in [2.05, 4.69) is 20.4 Å². The second kappa shape index (κ2) is 11.3. The van der Waals surface area contributed by atoms with E-state index in [1.165, 1.54) is 0 Å². The maximum Gasteiger partial charge on any atom is 0.411 e. The molecule has 9 heteroatoms. The molecule has 0 aliphatic rings. The molecule has 0 aliphatic heterocycles. The number of halogens is 3. The van der Waals surface area contributed by atoms with Crippen LogP contribution >= 0.6 is 0 Å². The van der Waals surface area contributed by atoms with Crippen molar-refractivity contribution in [2.75, 3.05) is 32.7 Å². The zero-order valence-corrected chi connectivity index (χ0v) is 17.2. The molecular formula is C21H26F3N3O3. The number of rotatable bonds is 9. The van der Waals surface area contributed by atoms with E-state index in [-0.39, 0.29) is 6.61 Å². The maximum atomic E-state index is 12.1. The van der Waals surface area contributed by atoms with Crippen molar-refractivity contribution in [3.63, 3.8) is 0 Å². The lowest BCUT2D eigenvalue weighted by molar-refractivity contribution is -0.176. The molecule has 2 N–H and O–H groups in total. The summed E-state index contributed by atoms with van der Waals surface area (Å²) in [7, 11) is 3.24. The summed E-state index contributed by atoms with van der Waals surface area (Å²) in [6, 6.07) is 12.6. The van der Waals surface area contributed by atoms with Gasteiger partial charge in [-0.05, 0) is 30.2 Å². The minimum atomic E-state index is -4.32. The lowest BCUT2D eigenvalue weighted by atomic mass is 10.1. The van der Waals surface area contributed by atoms with Crippen molar-refractivity contribution in [1.29, 1.82) is 0 Å². The number of hydrogen-bond acceptors (Lipinski definition) is 4. The molecule has 2 aromatic rings. The van der Waals surface area contributed by atoms with E-state index in [4.69, 9.17) is 9.47 Å². The van der Waals surface area contributed by atoms with Crippen LogP contribution in [0.3, 0.4) is 0 Å². The summed E-state index contributed by atoms with van der Waals surface area (Å²) < 4.78 is 51.9. The first-order valence-corrected chi connectivity index (χ1v) is 9.35. The molecule has 0 saturated heterocycles. The third-order valence-electron chi connectivity index (χ3n) is 3.97. The fraction of sp³-hybridized carbons (Fsp3) is 0.381. The Kier molecular flexibility index (Phi) is 8.79. The quantitative estimate of drug-likeness (QED) is 0.462. The Morgan fingerprint density at radius 2 is 1.73 bits per heavy atom. The third-order valence-corrected chi connectivity index (χ3v) is 3.97. The first-order chi connectivity index (χ1) is 14.3. The second-order valence-electron chi connectivity index (χ2n) is 6.27. The van der Waals surface area contributed by atoms with Crippen LogP contribution in [0.25, 0.3) is 0 Å². The van der Waals surface area contributed by atoms with Crippen LogP contribution in [0.2, 0.25) is 0 Å². The molecule has 0 aliphatic carbocycles. The van der Waals surface area contributed by atoms with Crippen molar-refractivity contribution in [1.82, 2.24) is 5.32 Å². The Morgan fingerprint density at radius 1 is 1.03 bits per heavy atom. The highest BCUT2D eigenvalue weighted by Gasteiger charge is 2.27. The van der Waals surface area contributed by atoms with E-state index >= 15 is 0 Å². The van der Waals surface area contributed by atoms with Crippen molar-refractivity contribution in [3.05, 3.63) is 53.6 Å². The molecule has 0 fully saturated rings. The van der Waals surface area contributed by atoms with Gasteiger partial charge in [0.25, 0.3) is 0 Å². The first kappa shape index (κ1) is 23.3. The van der Waals surface area contributed by atoms with Crippen LogP contribution in [0.4, 0.5) is 18.9 Å². The SMILES string of the molecule is CCOc1cc(NC(=NC)NCc2ccc(COCC(F)(F)F)cc2)ccc1OC. The average Bonchev–Trinajstić information content (AvgIpc) is 2.71. The summed E-state index contributed by atoms with van der Waals surface area (Å²) in [5.41, 5.74) is 2.40. The van der Waals surface area contributed by atoms with Crippen molar-refractivity contribution in [2.24, 2.45) is 4.99 Å². The van der Waals surface area contributed by atoms with Crippen molar-refractivity contribution in [2.45, 2.75) is 26.3 Å². The number of benzene rings is 2. The van der Waals surface area contributed by atoms with Gasteiger partial charge in [-0.25, -0.2) is 0 Å². The molecule has 0 saturated carbocycles. The number of aliphatic imine (C=N–C) groups is 1. The number of guanidine groups is 1. The Hall–Kier alpha value is -2.94. The van der Waals surface area contributed by atoms with Crippen molar-refractivity contribution in [3.8, 4) is 11.5 Å². The molecule has 2 rings (SSSR count). The molecule has 0 unspecified atom stereocenters. The third kappa shape index (κ3) is 7.82. The largest absolute Gasteiger partial charge is 0.493 e. The highest BCUT2D eigenvalue weighted by Crippen LogP contribution is 2.30. The van der Waals surface area contributed by atoms with E-state index in [1.54, 1.807) is 32.4 Å². The maximum absolute atomic E-state index is 12.1. The highest BCUT2D eigenvalue weighted by atomic mass is 19.4. The fourth-order valence-electron chi connectivity index (χ4n) is 2.56. The van der Waals surface area contributed by atoms with E-state index in [9.17, 15) is 13.2 Å². The van der Waals surface area contributed by atoms with Crippen molar-refractivity contribution >= 4 is 11.6 Å². The predicted octanol–water partition coefficient (Wildman–Crippen LogP) is 4.36. The van der Waals surface area contributed by atoms with E-state index in [1.807, 2.05) is 31.2 Å². The zero-order chi connectivity index (χ0) is 22.0. The van der Waals surface area contributed by atoms with Crippen LogP contribution in [0, 0.1) is 0 Å². The molecule has 6 nitrogen and oxygen atoms in total. The highest BCUT2D eigenvalue weighted by molar-refractivity contribution is 5.93. The number of methoxy groups -OCH3 is 1. The Balaban J connectivity index is 1.89. The van der Waals surface area contributed by atoms with Gasteiger partial charge in [0, 0.05) is 25.3 Å². The van der Waals surface area contributed by atoms with Crippen LogP contribution < -0.4 is 20.1 Å². The minimum Gasteiger partial charge on any atom is -0.493 e. The van der Waals surface area contributed by atoms with Gasteiger partial charge in [-0.1, -0.05) is 24.3 Å². The molecule has 0 aromatic heterocycles. The molecule has 2 aromatic carbocycles. The summed E-state index contributed by atoms with van der Waals surface area (Å²) in [6.07, 6.45) is -4.32. The normalized spacial score (nSPS) is 11.9. The van der Waals surface area contributed by atoms with Gasteiger partial charge in [0.15, 0.2) is 17.5 Å². The number of nitrogens with one attached hydrogen (secondary N) is 2. The van der Waals surface area contributed by atoms with Crippen LogP contribution in [0.15, 0.2) is 47.5 Å². The molecule has 0 amide bonds. The molecule has 164 valence electrons. The lowest BCUT2D eigenvalue weighted by Crippen LogP contribution is -2.30. The number of ether oxygens (including phenoxy) is 3. The molecule has 0 bridgehead atoms. The van der Waals surface area contributed by atoms with Gasteiger partial charge >= 0.3 is 6.18 Å². The van der Waals surface area contributed by atoms with E-state index in [0.29, 0.717) is 36.2 Å². The monoisotopic (exact) mass is 425 g/mol. The molecule has 0 atom stereocenters. The summed E-state index contributed by atoms with van der Waals surface area (Å²) in [5.74, 6) is 1.83. The van der Waals surface area contributed by atoms with Gasteiger partial charge in [0.1, 0.15) is 6.61 Å². The smallest absolute Gasteiger partial charge is 0.411 e. The average molecular weight is 425 g/mol. The Morgan fingerprint density at radius 3 is 2.33 bits per heavy atom. The standard InChI is InChI=1S/C21H26F3N3O3/c1-4-30-19-11-17(9-10-18(19)28-3)27-20(25-2)26-12-15-5-7-16(8-6-15)13-29-14-21(22,23)24/h5-11H,4,12-14H2,1-3H3,(H2,25,26,27). The van der Waals surface area contributed by atoms with Gasteiger partial charge < -0.3 is 24.8 Å². The van der Waals surface area contributed by atoms with Crippen LogP contribution in [-0.2, 0) is 17.9 Å². The first-order valence-electron chi connectivity index (χ1n) is 9.35. The number of alkyl halides is 3. The molecule has 0 spiro atoms. The van der Waals surface area contributed by atoms with Gasteiger partial charge in [0.05, 0.1) is 20.3 Å². The molecule has 30 heavy (non-hydrogen) atoms. The van der Waals surface area contributed by atoms with Gasteiger partial charge in [0.2, 0.25) is 0 Å². The van der Waals surface area contributed by atoms with Crippen LogP contribution in [-0.4, -0.2) is 39.5 Å². The molecule has 0 heterocycles. The summed E-state index contributed by atoms with van der Waals surface area (Å²) in [4.78, 5) is 4.19. The molecular weight excluding hydrogens is 399 g/mol. The minimum absolute atomic E-state index is 0.0872. The number of nitrogens with zero attached hydrogens (tertiary/aromatic N) is 1. The van der Waals surface area contributed by atoms with E-state index in [0.717, 1.165) is 11.3 Å². The Labute approximate surface area is 174 Å². The van der Waals surface area contributed by atoms with Gasteiger partial charge in [-0.2, -0.15) is 13.2 Å². The van der Waals surface area contributed by atoms with Gasteiger partial charge in [-0.15, -0.1) is 0 Å². The van der Waals surface area contributed by atoms with Crippen LogP contribution in [0.1, 0.15) is 18.1 Å². The number of anilines is 1. The number of hydrogen-bond donors (Lipinski definition) is 2. The summed E-state index contributed by atoms with van der Waals surface area (Å²) in [5, 5.41) is 6.36. The predicted molar refractivity (Wildman–Crippen MR) is 110 cm³/mol. The lowest BCUT2D eigenvalue weighted by Gasteiger charge is -2.15. The van der Waals surface area contributed by atoms with Crippen molar-refractivity contribution < 1.29 is 27.4 Å². The van der Waals surface area contributed by atoms with E-state index < -0.39 is 12.8 Å². The summed E-state index contributed by atoms with van der Waals surface area (Å²) >= 11 is 0.